The number of halogens is 1. The number of hydrogen-bond acceptors (Lipinski definition) is 5. The average molecular weight is 358 g/mol. The summed E-state index contributed by atoms with van der Waals surface area (Å²) in [4.78, 5) is 23.0. The Morgan fingerprint density at radius 1 is 1.31 bits per heavy atom. The average Bonchev–Trinajstić information content (AvgIpc) is 2.68. The Kier molecular flexibility index (Phi) is 5.99. The molecule has 0 bridgehead atoms. The van der Waals surface area contributed by atoms with Crippen molar-refractivity contribution in [2.45, 2.75) is 19.3 Å². The first kappa shape index (κ1) is 18.1. The number of hydrogen-bond donors (Lipinski definition) is 1. The van der Waals surface area contributed by atoms with Crippen LogP contribution in [0.15, 0.2) is 36.7 Å². The molecule has 1 N–H and O–H groups in total. The summed E-state index contributed by atoms with van der Waals surface area (Å²) in [6.45, 7) is 1.39. The van der Waals surface area contributed by atoms with E-state index in [1.54, 1.807) is 12.4 Å². The Morgan fingerprint density at radius 2 is 2.08 bits per heavy atom. The monoisotopic (exact) mass is 358 g/mol. The number of likely N-dealkylation sites (tertiary alicyclic amines) is 1. The van der Waals surface area contributed by atoms with Crippen molar-refractivity contribution in [3.05, 3.63) is 48.2 Å². The van der Waals surface area contributed by atoms with Crippen LogP contribution in [0.25, 0.3) is 0 Å². The molecular formula is C19H23FN4O2. The topological polar surface area (TPSA) is 67.4 Å². The van der Waals surface area contributed by atoms with Gasteiger partial charge in [0.15, 0.2) is 6.61 Å². The maximum Gasteiger partial charge on any atom is 0.260 e. The molecule has 0 radical (unpaired) electrons. The van der Waals surface area contributed by atoms with Gasteiger partial charge in [-0.15, -0.1) is 0 Å². The quantitative estimate of drug-likeness (QED) is 0.859. The Labute approximate surface area is 152 Å². The predicted molar refractivity (Wildman–Crippen MR) is 96.5 cm³/mol. The fourth-order valence-corrected chi connectivity index (χ4v) is 3.22. The number of amides is 1. The summed E-state index contributed by atoms with van der Waals surface area (Å²) >= 11 is 0. The Hall–Kier alpha value is -2.70. The van der Waals surface area contributed by atoms with Crippen molar-refractivity contribution in [2.75, 3.05) is 32.1 Å². The van der Waals surface area contributed by atoms with Gasteiger partial charge >= 0.3 is 0 Å². The number of rotatable bonds is 6. The Bertz CT molecular complexity index is 739. The predicted octanol–water partition coefficient (Wildman–Crippen LogP) is 2.52. The Balaban J connectivity index is 1.54. The second-order valence-electron chi connectivity index (χ2n) is 6.40. The smallest absolute Gasteiger partial charge is 0.260 e. The summed E-state index contributed by atoms with van der Waals surface area (Å²) in [7, 11) is 1.83. The van der Waals surface area contributed by atoms with Gasteiger partial charge in [0.05, 0.1) is 5.69 Å². The van der Waals surface area contributed by atoms with Gasteiger partial charge in [0.25, 0.3) is 5.91 Å². The van der Waals surface area contributed by atoms with Crippen LogP contribution < -0.4 is 10.1 Å². The molecule has 2 heterocycles. The lowest BCUT2D eigenvalue weighted by molar-refractivity contribution is -0.135. The van der Waals surface area contributed by atoms with Crippen LogP contribution in [0.3, 0.4) is 0 Å². The first-order valence-corrected chi connectivity index (χ1v) is 8.79. The van der Waals surface area contributed by atoms with Crippen LogP contribution in [0.5, 0.6) is 5.75 Å². The van der Waals surface area contributed by atoms with E-state index in [1.165, 1.54) is 24.3 Å². The second-order valence-corrected chi connectivity index (χ2v) is 6.40. The third kappa shape index (κ3) is 4.68. The molecule has 1 aromatic heterocycles. The van der Waals surface area contributed by atoms with Crippen LogP contribution in [0, 0.1) is 11.7 Å². The molecule has 6 nitrogen and oxygen atoms in total. The summed E-state index contributed by atoms with van der Waals surface area (Å²) in [6.07, 6.45) is 6.16. The SMILES string of the molecule is CNc1nccnc1CC1CCCN(C(=O)COc2ccc(F)cc2)C1. The number of ether oxygens (including phenoxy) is 1. The van der Waals surface area contributed by atoms with Gasteiger partial charge in [0.1, 0.15) is 17.4 Å². The van der Waals surface area contributed by atoms with E-state index in [9.17, 15) is 9.18 Å². The van der Waals surface area contributed by atoms with E-state index in [0.29, 0.717) is 18.2 Å². The fraction of sp³-hybridized carbons (Fsp3) is 0.421. The van der Waals surface area contributed by atoms with Crippen LogP contribution in [-0.2, 0) is 11.2 Å². The second kappa shape index (κ2) is 8.60. The Morgan fingerprint density at radius 3 is 2.85 bits per heavy atom. The zero-order chi connectivity index (χ0) is 18.4. The van der Waals surface area contributed by atoms with Gasteiger partial charge in [-0.25, -0.2) is 9.37 Å². The van der Waals surface area contributed by atoms with Gasteiger partial charge in [-0.2, -0.15) is 0 Å². The van der Waals surface area contributed by atoms with Crippen LogP contribution in [0.2, 0.25) is 0 Å². The number of piperidine rings is 1. The van der Waals surface area contributed by atoms with Crippen molar-refractivity contribution in [3.63, 3.8) is 0 Å². The highest BCUT2D eigenvalue weighted by Crippen LogP contribution is 2.22. The third-order valence-corrected chi connectivity index (χ3v) is 4.54. The highest BCUT2D eigenvalue weighted by Gasteiger charge is 2.25. The van der Waals surface area contributed by atoms with Crippen molar-refractivity contribution < 1.29 is 13.9 Å². The minimum atomic E-state index is -0.326. The third-order valence-electron chi connectivity index (χ3n) is 4.54. The van der Waals surface area contributed by atoms with Gasteiger partial charge in [0.2, 0.25) is 0 Å². The number of benzene rings is 1. The van der Waals surface area contributed by atoms with Crippen molar-refractivity contribution in [3.8, 4) is 5.75 Å². The lowest BCUT2D eigenvalue weighted by Gasteiger charge is -2.32. The number of carbonyl (C=O) groups excluding carboxylic acids is 1. The van der Waals surface area contributed by atoms with E-state index in [4.69, 9.17) is 4.74 Å². The first-order valence-electron chi connectivity index (χ1n) is 8.79. The summed E-state index contributed by atoms with van der Waals surface area (Å²) in [5.41, 5.74) is 0.928. The molecule has 2 aromatic rings. The van der Waals surface area contributed by atoms with Crippen LogP contribution in [0.4, 0.5) is 10.2 Å². The molecule has 0 spiro atoms. The molecule has 3 rings (SSSR count). The molecule has 1 aromatic carbocycles. The van der Waals surface area contributed by atoms with Gasteiger partial charge in [-0.3, -0.25) is 9.78 Å². The molecule has 1 aliphatic rings. The maximum absolute atomic E-state index is 12.9. The van der Waals surface area contributed by atoms with Gasteiger partial charge in [0, 0.05) is 32.5 Å². The first-order chi connectivity index (χ1) is 12.7. The number of carbonyl (C=O) groups is 1. The molecule has 1 saturated heterocycles. The van der Waals surface area contributed by atoms with E-state index in [0.717, 1.165) is 37.3 Å². The molecule has 138 valence electrons. The summed E-state index contributed by atoms with van der Waals surface area (Å²) < 4.78 is 18.4. The molecule has 1 unspecified atom stereocenters. The van der Waals surface area contributed by atoms with Crippen LogP contribution in [0.1, 0.15) is 18.5 Å². The highest BCUT2D eigenvalue weighted by atomic mass is 19.1. The standard InChI is InChI=1S/C19H23FN4O2/c1-21-19-17(22-8-9-23-19)11-14-3-2-10-24(12-14)18(25)13-26-16-6-4-15(20)5-7-16/h4-9,14H,2-3,10-13H2,1H3,(H,21,23). The molecule has 26 heavy (non-hydrogen) atoms. The van der Waals surface area contributed by atoms with Crippen molar-refractivity contribution in [1.29, 1.82) is 0 Å². The molecule has 1 aliphatic heterocycles. The number of nitrogens with one attached hydrogen (secondary N) is 1. The summed E-state index contributed by atoms with van der Waals surface area (Å²) in [5, 5.41) is 3.06. The molecule has 1 fully saturated rings. The molecular weight excluding hydrogens is 335 g/mol. The molecule has 1 atom stereocenters. The van der Waals surface area contributed by atoms with E-state index in [1.807, 2.05) is 11.9 Å². The van der Waals surface area contributed by atoms with Crippen molar-refractivity contribution in [2.24, 2.45) is 5.92 Å². The van der Waals surface area contributed by atoms with E-state index < -0.39 is 0 Å². The summed E-state index contributed by atoms with van der Waals surface area (Å²) in [5.74, 6) is 1.25. The fourth-order valence-electron chi connectivity index (χ4n) is 3.22. The molecule has 0 saturated carbocycles. The molecule has 1 amide bonds. The van der Waals surface area contributed by atoms with E-state index >= 15 is 0 Å². The lowest BCUT2D eigenvalue weighted by Crippen LogP contribution is -2.42. The number of aromatic nitrogens is 2. The highest BCUT2D eigenvalue weighted by molar-refractivity contribution is 5.77. The van der Waals surface area contributed by atoms with Crippen molar-refractivity contribution in [1.82, 2.24) is 14.9 Å². The number of nitrogens with zero attached hydrogens (tertiary/aromatic N) is 3. The minimum absolute atomic E-state index is 0.0364. The number of anilines is 1. The zero-order valence-electron chi connectivity index (χ0n) is 14.8. The van der Waals surface area contributed by atoms with Gasteiger partial charge < -0.3 is 15.0 Å². The normalized spacial score (nSPS) is 17.0. The maximum atomic E-state index is 12.9. The van der Waals surface area contributed by atoms with Crippen molar-refractivity contribution >= 4 is 11.7 Å². The van der Waals surface area contributed by atoms with Crippen LogP contribution in [-0.4, -0.2) is 47.5 Å². The minimum Gasteiger partial charge on any atom is -0.484 e. The molecule has 7 heteroatoms. The van der Waals surface area contributed by atoms with Gasteiger partial charge in [-0.05, 0) is 49.4 Å². The van der Waals surface area contributed by atoms with Gasteiger partial charge in [-0.1, -0.05) is 0 Å². The van der Waals surface area contributed by atoms with E-state index in [-0.39, 0.29) is 18.3 Å². The zero-order valence-corrected chi connectivity index (χ0v) is 14.8. The largest absolute Gasteiger partial charge is 0.484 e. The molecule has 0 aliphatic carbocycles. The summed E-state index contributed by atoms with van der Waals surface area (Å²) in [6, 6.07) is 5.68. The van der Waals surface area contributed by atoms with E-state index in [2.05, 4.69) is 15.3 Å². The lowest BCUT2D eigenvalue weighted by atomic mass is 9.93. The van der Waals surface area contributed by atoms with Crippen LogP contribution >= 0.6 is 0 Å².